The molecule has 0 spiro atoms. The fourth-order valence-corrected chi connectivity index (χ4v) is 3.03. The predicted molar refractivity (Wildman–Crippen MR) is 84.6 cm³/mol. The van der Waals surface area contributed by atoms with Crippen LogP contribution in [0.1, 0.15) is 32.4 Å². The van der Waals surface area contributed by atoms with Crippen molar-refractivity contribution in [2.75, 3.05) is 18.1 Å². The van der Waals surface area contributed by atoms with Crippen LogP contribution in [0.4, 0.5) is 5.82 Å². The second-order valence-corrected chi connectivity index (χ2v) is 6.02. The number of nitrogens with zero attached hydrogens (tertiary/aromatic N) is 3. The van der Waals surface area contributed by atoms with Crippen molar-refractivity contribution in [3.05, 3.63) is 30.1 Å². The number of hydrogen-bond acceptors (Lipinski definition) is 4. The van der Waals surface area contributed by atoms with E-state index in [1.807, 2.05) is 18.2 Å². The lowest BCUT2D eigenvalue weighted by molar-refractivity contribution is 0.266. The highest BCUT2D eigenvalue weighted by Crippen LogP contribution is 2.28. The van der Waals surface area contributed by atoms with Crippen LogP contribution in [0.15, 0.2) is 24.4 Å². The third-order valence-corrected chi connectivity index (χ3v) is 4.15. The Kier molecular flexibility index (Phi) is 4.12. The van der Waals surface area contributed by atoms with E-state index >= 15 is 0 Å². The van der Waals surface area contributed by atoms with E-state index in [4.69, 9.17) is 4.98 Å². The maximum Gasteiger partial charge on any atom is 0.152 e. The highest BCUT2D eigenvalue weighted by Gasteiger charge is 2.28. The van der Waals surface area contributed by atoms with Gasteiger partial charge in [-0.1, -0.05) is 19.9 Å². The highest BCUT2D eigenvalue weighted by molar-refractivity contribution is 5.57. The van der Waals surface area contributed by atoms with Crippen molar-refractivity contribution in [2.45, 2.75) is 45.3 Å². The molecule has 2 N–H and O–H groups in total. The molecule has 0 amide bonds. The van der Waals surface area contributed by atoms with Gasteiger partial charge in [-0.3, -0.25) is 0 Å². The number of aliphatic hydroxyl groups is 1. The number of anilines is 1. The molecule has 1 atom stereocenters. The minimum atomic E-state index is 0.199. The first-order valence-corrected chi connectivity index (χ1v) is 7.77. The molecule has 0 aliphatic carbocycles. The molecule has 1 aliphatic heterocycles. The molecule has 0 saturated carbocycles. The van der Waals surface area contributed by atoms with Crippen LogP contribution < -0.4 is 10.2 Å². The number of pyridine rings is 1. The molecule has 0 radical (unpaired) electrons. The van der Waals surface area contributed by atoms with Crippen molar-refractivity contribution in [1.82, 2.24) is 14.7 Å². The molecular formula is C16H24N4O. The van der Waals surface area contributed by atoms with Gasteiger partial charge in [-0.05, 0) is 25.0 Å². The molecule has 0 aromatic carbocycles. The fraction of sp³-hybridized carbons (Fsp3) is 0.562. The van der Waals surface area contributed by atoms with Gasteiger partial charge in [0, 0.05) is 25.3 Å². The highest BCUT2D eigenvalue weighted by atomic mass is 16.3. The van der Waals surface area contributed by atoms with Crippen LogP contribution in [0.5, 0.6) is 0 Å². The topological polar surface area (TPSA) is 52.8 Å². The Labute approximate surface area is 125 Å². The monoisotopic (exact) mass is 288 g/mol. The number of imidazole rings is 1. The molecule has 2 aromatic heterocycles. The average Bonchev–Trinajstić information content (AvgIpc) is 3.08. The third-order valence-electron chi connectivity index (χ3n) is 4.15. The summed E-state index contributed by atoms with van der Waals surface area (Å²) in [6.07, 6.45) is 4.23. The summed E-state index contributed by atoms with van der Waals surface area (Å²) in [5, 5.41) is 13.1. The van der Waals surface area contributed by atoms with Crippen molar-refractivity contribution in [3.8, 4) is 0 Å². The summed E-state index contributed by atoms with van der Waals surface area (Å²) in [4.78, 5) is 7.08. The van der Waals surface area contributed by atoms with Crippen molar-refractivity contribution in [2.24, 2.45) is 0 Å². The van der Waals surface area contributed by atoms with Gasteiger partial charge < -0.3 is 19.7 Å². The lowest BCUT2D eigenvalue weighted by Gasteiger charge is -2.24. The summed E-state index contributed by atoms with van der Waals surface area (Å²) in [7, 11) is 0. The summed E-state index contributed by atoms with van der Waals surface area (Å²) in [5.74, 6) is 1.02. The van der Waals surface area contributed by atoms with Crippen LogP contribution in [-0.4, -0.2) is 39.7 Å². The average molecular weight is 288 g/mol. The molecule has 1 aliphatic rings. The zero-order valence-electron chi connectivity index (χ0n) is 12.8. The standard InChI is InChI=1S/C16H24N4O/c1-12(2)17-10-14-16(19-9-5-6-13(19)11-21)18-15-7-3-4-8-20(14)15/h3-4,7-8,12-13,17,21H,5-6,9-11H2,1-2H3. The largest absolute Gasteiger partial charge is 0.394 e. The number of hydrogen-bond donors (Lipinski definition) is 2. The van der Waals surface area contributed by atoms with Gasteiger partial charge in [-0.25, -0.2) is 4.98 Å². The Morgan fingerprint density at radius 2 is 2.29 bits per heavy atom. The summed E-state index contributed by atoms with van der Waals surface area (Å²) in [5.41, 5.74) is 2.15. The van der Waals surface area contributed by atoms with Gasteiger partial charge in [-0.2, -0.15) is 0 Å². The molecule has 1 saturated heterocycles. The second kappa shape index (κ2) is 6.03. The predicted octanol–water partition coefficient (Wildman–Crippen LogP) is 1.79. The molecular weight excluding hydrogens is 264 g/mol. The quantitative estimate of drug-likeness (QED) is 0.881. The first-order chi connectivity index (χ1) is 10.2. The Morgan fingerprint density at radius 3 is 3.05 bits per heavy atom. The first-order valence-electron chi connectivity index (χ1n) is 7.77. The normalized spacial score (nSPS) is 19.0. The minimum absolute atomic E-state index is 0.199. The lowest BCUT2D eigenvalue weighted by atomic mass is 10.2. The van der Waals surface area contributed by atoms with Gasteiger partial charge in [0.25, 0.3) is 0 Å². The van der Waals surface area contributed by atoms with Crippen LogP contribution in [0.3, 0.4) is 0 Å². The number of aliphatic hydroxyl groups excluding tert-OH is 1. The Bertz CT molecular complexity index is 607. The van der Waals surface area contributed by atoms with E-state index in [1.54, 1.807) is 0 Å². The van der Waals surface area contributed by atoms with Gasteiger partial charge in [0.1, 0.15) is 5.65 Å². The van der Waals surface area contributed by atoms with Crippen LogP contribution in [-0.2, 0) is 6.54 Å². The van der Waals surface area contributed by atoms with Gasteiger partial charge in [0.2, 0.25) is 0 Å². The lowest BCUT2D eigenvalue weighted by Crippen LogP contribution is -2.34. The zero-order chi connectivity index (χ0) is 14.8. The molecule has 5 heteroatoms. The zero-order valence-corrected chi connectivity index (χ0v) is 12.8. The minimum Gasteiger partial charge on any atom is -0.394 e. The van der Waals surface area contributed by atoms with Gasteiger partial charge >= 0.3 is 0 Å². The van der Waals surface area contributed by atoms with E-state index in [0.29, 0.717) is 6.04 Å². The molecule has 3 rings (SSSR count). The maximum atomic E-state index is 9.59. The second-order valence-electron chi connectivity index (χ2n) is 6.02. The van der Waals surface area contributed by atoms with Crippen molar-refractivity contribution >= 4 is 11.5 Å². The molecule has 2 aromatic rings. The maximum absolute atomic E-state index is 9.59. The number of nitrogens with one attached hydrogen (secondary N) is 1. The molecule has 3 heterocycles. The van der Waals surface area contributed by atoms with Crippen LogP contribution in [0.25, 0.3) is 5.65 Å². The van der Waals surface area contributed by atoms with Crippen molar-refractivity contribution < 1.29 is 5.11 Å². The number of aromatic nitrogens is 2. The summed E-state index contributed by atoms with van der Waals surface area (Å²) in [6.45, 7) is 6.26. The van der Waals surface area contributed by atoms with E-state index in [1.165, 1.54) is 5.69 Å². The molecule has 5 nitrogen and oxygen atoms in total. The molecule has 21 heavy (non-hydrogen) atoms. The van der Waals surface area contributed by atoms with E-state index < -0.39 is 0 Å². The van der Waals surface area contributed by atoms with Crippen LogP contribution in [0.2, 0.25) is 0 Å². The van der Waals surface area contributed by atoms with Crippen LogP contribution in [0, 0.1) is 0 Å². The summed E-state index contributed by atoms with van der Waals surface area (Å²) in [6, 6.07) is 6.71. The van der Waals surface area contributed by atoms with Crippen LogP contribution >= 0.6 is 0 Å². The molecule has 1 fully saturated rings. The van der Waals surface area contributed by atoms with Gasteiger partial charge in [0.05, 0.1) is 18.3 Å². The summed E-state index contributed by atoms with van der Waals surface area (Å²) < 4.78 is 2.15. The van der Waals surface area contributed by atoms with Crippen molar-refractivity contribution in [1.29, 1.82) is 0 Å². The molecule has 0 bridgehead atoms. The van der Waals surface area contributed by atoms with E-state index in [9.17, 15) is 5.11 Å². The van der Waals surface area contributed by atoms with E-state index in [2.05, 4.69) is 34.7 Å². The van der Waals surface area contributed by atoms with Crippen molar-refractivity contribution in [3.63, 3.8) is 0 Å². The van der Waals surface area contributed by atoms with Gasteiger partial charge in [0.15, 0.2) is 5.82 Å². The SMILES string of the molecule is CC(C)NCc1c(N2CCCC2CO)nc2ccccn12. The van der Waals surface area contributed by atoms with Gasteiger partial charge in [-0.15, -0.1) is 0 Å². The third kappa shape index (κ3) is 2.76. The Hall–Kier alpha value is -1.59. The van der Waals surface area contributed by atoms with E-state index in [-0.39, 0.29) is 12.6 Å². The smallest absolute Gasteiger partial charge is 0.152 e. The molecule has 1 unspecified atom stereocenters. The Balaban J connectivity index is 2.01. The molecule has 114 valence electrons. The number of rotatable bonds is 5. The van der Waals surface area contributed by atoms with E-state index in [0.717, 1.165) is 37.4 Å². The summed E-state index contributed by atoms with van der Waals surface area (Å²) >= 11 is 0. The Morgan fingerprint density at radius 1 is 1.43 bits per heavy atom. The first kappa shape index (κ1) is 14.4. The fourth-order valence-electron chi connectivity index (χ4n) is 3.03. The number of fused-ring (bicyclic) bond motifs is 1.